The van der Waals surface area contributed by atoms with E-state index in [0.717, 1.165) is 39.1 Å². The van der Waals surface area contributed by atoms with Gasteiger partial charge in [-0.25, -0.2) is 9.78 Å². The molecule has 5 aromatic rings. The first kappa shape index (κ1) is 27.0. The molecule has 0 fully saturated rings. The highest BCUT2D eigenvalue weighted by molar-refractivity contribution is 5.77. The van der Waals surface area contributed by atoms with Crippen molar-refractivity contribution >= 4 is 17.1 Å². The number of fused-ring (bicyclic) bond motifs is 1. The Morgan fingerprint density at radius 3 is 2.50 bits per heavy atom. The average molecular weight is 537 g/mol. The minimum atomic E-state index is -1.33. The fourth-order valence-corrected chi connectivity index (χ4v) is 4.29. The van der Waals surface area contributed by atoms with Gasteiger partial charge in [0, 0.05) is 18.2 Å². The zero-order valence-electron chi connectivity index (χ0n) is 22.8. The molecule has 0 aliphatic rings. The number of aromatic nitrogens is 1. The van der Waals surface area contributed by atoms with E-state index in [1.165, 1.54) is 13.8 Å². The summed E-state index contributed by atoms with van der Waals surface area (Å²) in [5, 5.41) is 13.0. The van der Waals surface area contributed by atoms with Crippen molar-refractivity contribution in [3.05, 3.63) is 114 Å². The van der Waals surface area contributed by atoms with E-state index in [2.05, 4.69) is 12.2 Å². The lowest BCUT2D eigenvalue weighted by Gasteiger charge is -2.23. The molecule has 0 aliphatic heterocycles. The summed E-state index contributed by atoms with van der Waals surface area (Å²) >= 11 is 0. The van der Waals surface area contributed by atoms with Gasteiger partial charge in [0.15, 0.2) is 11.2 Å². The van der Waals surface area contributed by atoms with Gasteiger partial charge in [0.25, 0.3) is 0 Å². The second-order valence-electron chi connectivity index (χ2n) is 10.2. The fraction of sp³-hybridized carbons (Fsp3) is 0.212. The first-order valence-corrected chi connectivity index (χ1v) is 13.2. The monoisotopic (exact) mass is 536 g/mol. The van der Waals surface area contributed by atoms with Crippen LogP contribution in [0.25, 0.3) is 22.6 Å². The Morgan fingerprint density at radius 2 is 1.73 bits per heavy atom. The van der Waals surface area contributed by atoms with Crippen LogP contribution in [0.1, 0.15) is 43.5 Å². The van der Waals surface area contributed by atoms with Crippen LogP contribution in [0.5, 0.6) is 11.5 Å². The molecular formula is C33H32N2O5. The molecule has 0 spiro atoms. The van der Waals surface area contributed by atoms with E-state index in [9.17, 15) is 9.90 Å². The van der Waals surface area contributed by atoms with Gasteiger partial charge in [0.05, 0.1) is 0 Å². The van der Waals surface area contributed by atoms with Crippen molar-refractivity contribution in [2.75, 3.05) is 0 Å². The summed E-state index contributed by atoms with van der Waals surface area (Å²) in [6.45, 7) is 6.12. The number of nitrogens with zero attached hydrogens (tertiary/aromatic N) is 1. The zero-order valence-corrected chi connectivity index (χ0v) is 22.8. The summed E-state index contributed by atoms with van der Waals surface area (Å²) in [4.78, 5) is 16.2. The lowest BCUT2D eigenvalue weighted by molar-refractivity contribution is -0.152. The van der Waals surface area contributed by atoms with E-state index >= 15 is 0 Å². The SMILES string of the molecule is CC(NCc1ccc(OCc2ccccc2)cc1-c1nc2ccccc2o1)c1cccc(OC(C)(C)C(=O)O)c1. The molecule has 1 unspecified atom stereocenters. The smallest absolute Gasteiger partial charge is 0.347 e. The Kier molecular flexibility index (Phi) is 7.84. The maximum Gasteiger partial charge on any atom is 0.347 e. The Bertz CT molecular complexity index is 1580. The third-order valence-corrected chi connectivity index (χ3v) is 6.70. The van der Waals surface area contributed by atoms with Gasteiger partial charge < -0.3 is 24.3 Å². The second-order valence-corrected chi connectivity index (χ2v) is 10.2. The molecule has 0 aliphatic carbocycles. The zero-order chi connectivity index (χ0) is 28.1. The third-order valence-electron chi connectivity index (χ3n) is 6.70. The Morgan fingerprint density at radius 1 is 0.950 bits per heavy atom. The maximum absolute atomic E-state index is 11.5. The van der Waals surface area contributed by atoms with Crippen LogP contribution >= 0.6 is 0 Å². The highest BCUT2D eigenvalue weighted by Crippen LogP contribution is 2.31. The molecule has 7 heteroatoms. The highest BCUT2D eigenvalue weighted by atomic mass is 16.5. The number of hydrogen-bond acceptors (Lipinski definition) is 6. The molecule has 0 radical (unpaired) electrons. The van der Waals surface area contributed by atoms with Crippen molar-refractivity contribution in [1.29, 1.82) is 0 Å². The number of para-hydroxylation sites is 2. The number of carboxylic acid groups (broad SMARTS) is 1. The summed E-state index contributed by atoms with van der Waals surface area (Å²) in [6.07, 6.45) is 0. The summed E-state index contributed by atoms with van der Waals surface area (Å²) < 4.78 is 18.0. The summed E-state index contributed by atoms with van der Waals surface area (Å²) in [5.41, 5.74) is 4.11. The van der Waals surface area contributed by atoms with E-state index in [0.29, 0.717) is 24.8 Å². The minimum Gasteiger partial charge on any atom is -0.489 e. The van der Waals surface area contributed by atoms with Gasteiger partial charge in [0.2, 0.25) is 5.89 Å². The van der Waals surface area contributed by atoms with Gasteiger partial charge in [-0.2, -0.15) is 0 Å². The molecule has 7 nitrogen and oxygen atoms in total. The number of carboxylic acids is 1. The number of benzene rings is 4. The van der Waals surface area contributed by atoms with Crippen LogP contribution in [0, 0.1) is 0 Å². The molecule has 5 rings (SSSR count). The molecule has 0 amide bonds. The molecule has 1 heterocycles. The molecule has 40 heavy (non-hydrogen) atoms. The average Bonchev–Trinajstić information content (AvgIpc) is 3.40. The van der Waals surface area contributed by atoms with E-state index in [1.54, 1.807) is 6.07 Å². The van der Waals surface area contributed by atoms with Gasteiger partial charge >= 0.3 is 5.97 Å². The normalized spacial score (nSPS) is 12.3. The van der Waals surface area contributed by atoms with Crippen molar-refractivity contribution in [3.8, 4) is 23.0 Å². The molecule has 0 saturated heterocycles. The number of rotatable bonds is 11. The van der Waals surface area contributed by atoms with Crippen LogP contribution in [-0.2, 0) is 17.9 Å². The molecule has 1 atom stereocenters. The van der Waals surface area contributed by atoms with Gasteiger partial charge in [0.1, 0.15) is 23.6 Å². The molecule has 1 aromatic heterocycles. The quantitative estimate of drug-likeness (QED) is 0.185. The van der Waals surface area contributed by atoms with Gasteiger partial charge in [-0.3, -0.25) is 0 Å². The van der Waals surface area contributed by atoms with E-state index < -0.39 is 11.6 Å². The highest BCUT2D eigenvalue weighted by Gasteiger charge is 2.29. The fourth-order valence-electron chi connectivity index (χ4n) is 4.29. The van der Waals surface area contributed by atoms with Crippen LogP contribution in [0.15, 0.2) is 101 Å². The van der Waals surface area contributed by atoms with Crippen molar-refractivity contribution in [1.82, 2.24) is 10.3 Å². The van der Waals surface area contributed by atoms with Gasteiger partial charge in [-0.15, -0.1) is 0 Å². The number of ether oxygens (including phenoxy) is 2. The molecule has 4 aromatic carbocycles. The third kappa shape index (κ3) is 6.33. The molecular weight excluding hydrogens is 504 g/mol. The number of hydrogen-bond donors (Lipinski definition) is 2. The first-order chi connectivity index (χ1) is 19.3. The molecule has 2 N–H and O–H groups in total. The predicted octanol–water partition coefficient (Wildman–Crippen LogP) is 7.17. The van der Waals surface area contributed by atoms with Gasteiger partial charge in [-0.1, -0.05) is 60.7 Å². The van der Waals surface area contributed by atoms with Crippen molar-refractivity contribution in [2.24, 2.45) is 0 Å². The Hall–Kier alpha value is -4.62. The molecule has 0 saturated carbocycles. The lowest BCUT2D eigenvalue weighted by atomic mass is 10.0. The standard InChI is InChI=1S/C33H32N2O5/c1-22(24-12-9-13-27(18-24)40-33(2,3)32(36)37)34-20-25-16-17-26(38-21-23-10-5-4-6-11-23)19-28(25)31-35-29-14-7-8-15-30(29)39-31/h4-19,22,34H,20-21H2,1-3H3,(H,36,37). The van der Waals surface area contributed by atoms with Crippen LogP contribution in [0.4, 0.5) is 0 Å². The van der Waals surface area contributed by atoms with Crippen molar-refractivity contribution in [3.63, 3.8) is 0 Å². The maximum atomic E-state index is 11.5. The van der Waals surface area contributed by atoms with Crippen molar-refractivity contribution in [2.45, 2.75) is 45.6 Å². The Labute approximate surface area is 233 Å². The summed E-state index contributed by atoms with van der Waals surface area (Å²) in [7, 11) is 0. The Balaban J connectivity index is 1.37. The van der Waals surface area contributed by atoms with E-state index in [4.69, 9.17) is 18.9 Å². The summed E-state index contributed by atoms with van der Waals surface area (Å²) in [5.74, 6) is 0.739. The first-order valence-electron chi connectivity index (χ1n) is 13.2. The lowest BCUT2D eigenvalue weighted by Crippen LogP contribution is -2.37. The number of oxazole rings is 1. The molecule has 204 valence electrons. The van der Waals surface area contributed by atoms with E-state index in [1.807, 2.05) is 91.0 Å². The van der Waals surface area contributed by atoms with Gasteiger partial charge in [-0.05, 0) is 73.9 Å². The summed E-state index contributed by atoms with van der Waals surface area (Å²) in [6, 6.07) is 31.1. The number of nitrogens with one attached hydrogen (secondary N) is 1. The van der Waals surface area contributed by atoms with E-state index in [-0.39, 0.29) is 6.04 Å². The minimum absolute atomic E-state index is 0.0398. The number of aliphatic carboxylic acids is 1. The largest absolute Gasteiger partial charge is 0.489 e. The number of carbonyl (C=O) groups is 1. The second kappa shape index (κ2) is 11.6. The van der Waals surface area contributed by atoms with Crippen LogP contribution in [0.2, 0.25) is 0 Å². The van der Waals surface area contributed by atoms with Crippen LogP contribution in [0.3, 0.4) is 0 Å². The van der Waals surface area contributed by atoms with Crippen molar-refractivity contribution < 1.29 is 23.8 Å². The van der Waals surface area contributed by atoms with Crippen LogP contribution in [-0.4, -0.2) is 21.7 Å². The molecule has 0 bridgehead atoms. The topological polar surface area (TPSA) is 93.8 Å². The predicted molar refractivity (Wildman–Crippen MR) is 154 cm³/mol. The van der Waals surface area contributed by atoms with Crippen LogP contribution < -0.4 is 14.8 Å².